The summed E-state index contributed by atoms with van der Waals surface area (Å²) in [4.78, 5) is 23.4. The Morgan fingerprint density at radius 2 is 2.13 bits per heavy atom. The van der Waals surface area contributed by atoms with Crippen LogP contribution in [0.1, 0.15) is 45.4 Å². The van der Waals surface area contributed by atoms with Gasteiger partial charge in [0, 0.05) is 12.3 Å². The van der Waals surface area contributed by atoms with Gasteiger partial charge in [0.05, 0.1) is 0 Å². The van der Waals surface area contributed by atoms with Crippen LogP contribution in [0.2, 0.25) is 0 Å². The predicted octanol–water partition coefficient (Wildman–Crippen LogP) is 1.81. The summed E-state index contributed by atoms with van der Waals surface area (Å²) in [7, 11) is 0. The summed E-state index contributed by atoms with van der Waals surface area (Å²) in [6.07, 6.45) is 6.97. The Balaban J connectivity index is 2.36. The van der Waals surface area contributed by atoms with E-state index in [-0.39, 0.29) is 24.2 Å². The largest absolute Gasteiger partial charge is 0.273 e. The van der Waals surface area contributed by atoms with Crippen molar-refractivity contribution in [3.05, 3.63) is 0 Å². The van der Waals surface area contributed by atoms with Crippen LogP contribution in [0.3, 0.4) is 0 Å². The van der Waals surface area contributed by atoms with Crippen LogP contribution in [0.15, 0.2) is 0 Å². The van der Waals surface area contributed by atoms with Crippen molar-refractivity contribution in [2.45, 2.75) is 45.4 Å². The van der Waals surface area contributed by atoms with E-state index in [2.05, 4.69) is 6.92 Å². The van der Waals surface area contributed by atoms with Crippen molar-refractivity contribution in [3.8, 4) is 6.19 Å². The van der Waals surface area contributed by atoms with Crippen molar-refractivity contribution < 1.29 is 9.59 Å². The van der Waals surface area contributed by atoms with Crippen LogP contribution in [0.4, 0.5) is 0 Å². The maximum absolute atomic E-state index is 11.5. The highest BCUT2D eigenvalue weighted by Gasteiger charge is 2.38. The van der Waals surface area contributed by atoms with E-state index >= 15 is 0 Å². The van der Waals surface area contributed by atoms with Gasteiger partial charge in [-0.2, -0.15) is 10.2 Å². The third-order valence-corrected chi connectivity index (χ3v) is 2.75. The molecule has 1 heterocycles. The standard InChI is InChI=1S/C11H16N2O2/c1-2-3-4-5-6-9-7-10(14)13(8-12)11(9)15/h9H,2-7H2,1H3. The van der Waals surface area contributed by atoms with E-state index in [0.29, 0.717) is 4.90 Å². The maximum Gasteiger partial charge on any atom is 0.246 e. The topological polar surface area (TPSA) is 61.2 Å². The number of amides is 2. The number of rotatable bonds is 5. The molecule has 1 atom stereocenters. The molecule has 0 bridgehead atoms. The Labute approximate surface area is 89.9 Å². The highest BCUT2D eigenvalue weighted by Crippen LogP contribution is 2.24. The summed E-state index contributed by atoms with van der Waals surface area (Å²) in [5, 5.41) is 8.57. The summed E-state index contributed by atoms with van der Waals surface area (Å²) < 4.78 is 0. The lowest BCUT2D eigenvalue weighted by atomic mass is 9.99. The molecule has 0 aliphatic carbocycles. The van der Waals surface area contributed by atoms with Crippen molar-refractivity contribution in [1.82, 2.24) is 4.90 Å². The van der Waals surface area contributed by atoms with E-state index in [4.69, 9.17) is 5.26 Å². The summed E-state index contributed by atoms with van der Waals surface area (Å²) in [6.45, 7) is 2.13. The Bertz CT molecular complexity index is 293. The smallest absolute Gasteiger partial charge is 0.246 e. The number of unbranched alkanes of at least 4 members (excludes halogenated alkanes) is 3. The molecule has 0 spiro atoms. The highest BCUT2D eigenvalue weighted by atomic mass is 16.2. The van der Waals surface area contributed by atoms with Crippen molar-refractivity contribution in [1.29, 1.82) is 5.26 Å². The SMILES string of the molecule is CCCCCCC1CC(=O)N(C#N)C1=O. The van der Waals surface area contributed by atoms with Crippen LogP contribution in [-0.4, -0.2) is 16.7 Å². The van der Waals surface area contributed by atoms with E-state index in [9.17, 15) is 9.59 Å². The zero-order chi connectivity index (χ0) is 11.3. The van der Waals surface area contributed by atoms with Crippen molar-refractivity contribution in [3.63, 3.8) is 0 Å². The number of likely N-dealkylation sites (tertiary alicyclic amines) is 1. The zero-order valence-corrected chi connectivity index (χ0v) is 9.03. The molecule has 1 rings (SSSR count). The number of nitriles is 1. The summed E-state index contributed by atoms with van der Waals surface area (Å²) in [5.41, 5.74) is 0. The molecule has 0 aromatic carbocycles. The third-order valence-electron chi connectivity index (χ3n) is 2.75. The minimum absolute atomic E-state index is 0.221. The first-order valence-corrected chi connectivity index (χ1v) is 5.47. The Morgan fingerprint density at radius 1 is 1.40 bits per heavy atom. The summed E-state index contributed by atoms with van der Waals surface area (Å²) in [5.74, 6) is -0.893. The van der Waals surface area contributed by atoms with Crippen LogP contribution < -0.4 is 0 Å². The molecule has 15 heavy (non-hydrogen) atoms. The van der Waals surface area contributed by atoms with E-state index in [0.717, 1.165) is 32.1 Å². The number of nitrogens with zero attached hydrogens (tertiary/aromatic N) is 2. The highest BCUT2D eigenvalue weighted by molar-refractivity contribution is 6.04. The Kier molecular flexibility index (Phi) is 4.29. The second-order valence-corrected chi connectivity index (χ2v) is 3.92. The van der Waals surface area contributed by atoms with Gasteiger partial charge in [-0.05, 0) is 6.42 Å². The van der Waals surface area contributed by atoms with Crippen LogP contribution >= 0.6 is 0 Å². The van der Waals surface area contributed by atoms with Gasteiger partial charge >= 0.3 is 0 Å². The fraction of sp³-hybridized carbons (Fsp3) is 0.727. The van der Waals surface area contributed by atoms with Crippen molar-refractivity contribution in [2.75, 3.05) is 0 Å². The molecule has 1 saturated heterocycles. The van der Waals surface area contributed by atoms with Gasteiger partial charge in [0.15, 0.2) is 6.19 Å². The Hall–Kier alpha value is -1.37. The van der Waals surface area contributed by atoms with Crippen LogP contribution in [-0.2, 0) is 9.59 Å². The molecule has 0 aromatic heterocycles. The fourth-order valence-electron chi connectivity index (χ4n) is 1.84. The normalized spacial score (nSPS) is 20.8. The molecule has 4 nitrogen and oxygen atoms in total. The van der Waals surface area contributed by atoms with Crippen molar-refractivity contribution in [2.24, 2.45) is 5.92 Å². The van der Waals surface area contributed by atoms with Crippen LogP contribution in [0.5, 0.6) is 0 Å². The first-order valence-electron chi connectivity index (χ1n) is 5.47. The first-order chi connectivity index (χ1) is 7.20. The zero-order valence-electron chi connectivity index (χ0n) is 9.03. The molecule has 1 aliphatic heterocycles. The molecular weight excluding hydrogens is 192 g/mol. The molecule has 2 amide bonds. The van der Waals surface area contributed by atoms with Crippen LogP contribution in [0.25, 0.3) is 0 Å². The van der Waals surface area contributed by atoms with Gasteiger partial charge in [0.1, 0.15) is 0 Å². The molecule has 1 fully saturated rings. The number of carbonyl (C=O) groups is 2. The van der Waals surface area contributed by atoms with Crippen LogP contribution in [0, 0.1) is 17.4 Å². The van der Waals surface area contributed by atoms with Gasteiger partial charge in [0.2, 0.25) is 11.8 Å². The number of imide groups is 1. The van der Waals surface area contributed by atoms with Gasteiger partial charge in [0.25, 0.3) is 0 Å². The van der Waals surface area contributed by atoms with Gasteiger partial charge in [-0.3, -0.25) is 9.59 Å². The second kappa shape index (κ2) is 5.50. The average Bonchev–Trinajstić information content (AvgIpc) is 2.49. The quantitative estimate of drug-likeness (QED) is 0.393. The van der Waals surface area contributed by atoms with E-state index in [1.54, 1.807) is 6.19 Å². The molecule has 0 radical (unpaired) electrons. The predicted molar refractivity (Wildman–Crippen MR) is 54.3 cm³/mol. The molecular formula is C11H16N2O2. The lowest BCUT2D eigenvalue weighted by Crippen LogP contribution is -2.25. The Morgan fingerprint density at radius 3 is 2.67 bits per heavy atom. The lowest BCUT2D eigenvalue weighted by molar-refractivity contribution is -0.135. The first kappa shape index (κ1) is 11.7. The van der Waals surface area contributed by atoms with Gasteiger partial charge in [-0.1, -0.05) is 32.6 Å². The monoisotopic (exact) mass is 208 g/mol. The van der Waals surface area contributed by atoms with E-state index in [1.807, 2.05) is 0 Å². The van der Waals surface area contributed by atoms with Gasteiger partial charge < -0.3 is 0 Å². The molecule has 0 aromatic rings. The summed E-state index contributed by atoms with van der Waals surface area (Å²) in [6, 6.07) is 0. The summed E-state index contributed by atoms with van der Waals surface area (Å²) >= 11 is 0. The van der Waals surface area contributed by atoms with Crippen molar-refractivity contribution >= 4 is 11.8 Å². The molecule has 4 heteroatoms. The number of hydrogen-bond acceptors (Lipinski definition) is 3. The van der Waals surface area contributed by atoms with E-state index in [1.165, 1.54) is 0 Å². The minimum Gasteiger partial charge on any atom is -0.273 e. The maximum atomic E-state index is 11.5. The average molecular weight is 208 g/mol. The number of carbonyl (C=O) groups excluding carboxylic acids is 2. The second-order valence-electron chi connectivity index (χ2n) is 3.92. The minimum atomic E-state index is -0.344. The van der Waals surface area contributed by atoms with Gasteiger partial charge in [-0.25, -0.2) is 0 Å². The fourth-order valence-corrected chi connectivity index (χ4v) is 1.84. The molecule has 1 unspecified atom stereocenters. The number of hydrogen-bond donors (Lipinski definition) is 0. The molecule has 1 aliphatic rings. The van der Waals surface area contributed by atoms with E-state index < -0.39 is 0 Å². The molecule has 0 saturated carbocycles. The molecule has 0 N–H and O–H groups in total. The van der Waals surface area contributed by atoms with Gasteiger partial charge in [-0.15, -0.1) is 0 Å². The third kappa shape index (κ3) is 2.79. The molecule has 82 valence electrons. The lowest BCUT2D eigenvalue weighted by Gasteiger charge is -2.05.